The maximum absolute atomic E-state index is 13.4. The first-order valence-electron chi connectivity index (χ1n) is 8.29. The second-order valence-corrected chi connectivity index (χ2v) is 8.32. The van der Waals surface area contributed by atoms with Gasteiger partial charge in [0.1, 0.15) is 16.4 Å². The Hall–Kier alpha value is -2.40. The fourth-order valence-corrected chi connectivity index (χ4v) is 4.77. The Morgan fingerprint density at radius 3 is 2.64 bits per heavy atom. The first-order valence-corrected chi connectivity index (χ1v) is 9.77. The van der Waals surface area contributed by atoms with E-state index < -0.39 is 33.5 Å². The van der Waals surface area contributed by atoms with Crippen LogP contribution in [0.25, 0.3) is 0 Å². The zero-order chi connectivity index (χ0) is 20.9. The summed E-state index contributed by atoms with van der Waals surface area (Å²) in [7, 11) is -2.35. The molecule has 28 heavy (non-hydrogen) atoms. The van der Waals surface area contributed by atoms with Crippen LogP contribution in [0, 0.1) is 5.82 Å². The number of nitrogens with one attached hydrogen (secondary N) is 2. The Balaban J connectivity index is 1.99. The first-order chi connectivity index (χ1) is 12.9. The van der Waals surface area contributed by atoms with Crippen molar-refractivity contribution < 1.29 is 30.8 Å². The molecule has 0 saturated carbocycles. The standard InChI is InChI=1S/C17H17F4N3O3S/c1-9-3-5-11-14(28(26,27)23-9)8-24(2)15(11)16(25)22-10-4-6-13(18)12(7-10)17(19,20)21/h4,6-9,23H,3,5H2,1-2H3,(H,22,25). The molecule has 1 amide bonds. The number of nitrogens with zero attached hydrogens (tertiary/aromatic N) is 1. The van der Waals surface area contributed by atoms with E-state index in [1.165, 1.54) is 17.8 Å². The SMILES string of the molecule is CC1CCc2c(cn(C)c2C(=O)Nc2ccc(F)c(C(F)(F)F)c2)S(=O)(=O)N1. The fourth-order valence-electron chi connectivity index (χ4n) is 3.18. The van der Waals surface area contributed by atoms with Crippen molar-refractivity contribution in [1.29, 1.82) is 0 Å². The van der Waals surface area contributed by atoms with Crippen LogP contribution >= 0.6 is 0 Å². The monoisotopic (exact) mass is 419 g/mol. The molecule has 0 radical (unpaired) electrons. The van der Waals surface area contributed by atoms with Crippen molar-refractivity contribution >= 4 is 21.6 Å². The maximum atomic E-state index is 13.4. The number of rotatable bonds is 2. The molecule has 2 aromatic rings. The zero-order valence-electron chi connectivity index (χ0n) is 14.9. The van der Waals surface area contributed by atoms with E-state index in [0.29, 0.717) is 25.0 Å². The first kappa shape index (κ1) is 20.3. The molecule has 0 fully saturated rings. The van der Waals surface area contributed by atoms with E-state index in [2.05, 4.69) is 10.0 Å². The molecule has 6 nitrogen and oxygen atoms in total. The lowest BCUT2D eigenvalue weighted by Crippen LogP contribution is -2.30. The third-order valence-corrected chi connectivity index (χ3v) is 6.11. The van der Waals surface area contributed by atoms with Gasteiger partial charge in [-0.3, -0.25) is 4.79 Å². The molecular formula is C17H17F4N3O3S. The molecule has 1 atom stereocenters. The Bertz CT molecular complexity index is 1040. The molecule has 0 saturated heterocycles. The van der Waals surface area contributed by atoms with Crippen molar-refractivity contribution in [3.05, 3.63) is 47.0 Å². The molecule has 0 spiro atoms. The highest BCUT2D eigenvalue weighted by Gasteiger charge is 2.35. The number of aromatic nitrogens is 1. The number of anilines is 1. The van der Waals surface area contributed by atoms with E-state index in [0.717, 1.165) is 6.07 Å². The summed E-state index contributed by atoms with van der Waals surface area (Å²) in [5, 5.41) is 2.29. The van der Waals surface area contributed by atoms with E-state index in [1.807, 2.05) is 0 Å². The van der Waals surface area contributed by atoms with E-state index in [9.17, 15) is 30.8 Å². The predicted octanol–water partition coefficient (Wildman–Crippen LogP) is 3.05. The van der Waals surface area contributed by atoms with E-state index >= 15 is 0 Å². The normalized spacial score (nSPS) is 19.0. The molecule has 1 unspecified atom stereocenters. The number of carbonyl (C=O) groups is 1. The summed E-state index contributed by atoms with van der Waals surface area (Å²) in [5.41, 5.74) is -1.45. The molecule has 11 heteroatoms. The van der Waals surface area contributed by atoms with Crippen LogP contribution in [0.4, 0.5) is 23.2 Å². The lowest BCUT2D eigenvalue weighted by atomic mass is 10.1. The summed E-state index contributed by atoms with van der Waals surface area (Å²) < 4.78 is 80.7. The zero-order valence-corrected chi connectivity index (χ0v) is 15.7. The number of hydrogen-bond donors (Lipinski definition) is 2. The Morgan fingerprint density at radius 2 is 2.00 bits per heavy atom. The number of alkyl halides is 3. The van der Waals surface area contributed by atoms with Gasteiger partial charge in [-0.05, 0) is 38.0 Å². The Labute approximate surface area is 158 Å². The number of amides is 1. The second-order valence-electron chi connectivity index (χ2n) is 6.64. The van der Waals surface area contributed by atoms with Gasteiger partial charge in [-0.15, -0.1) is 0 Å². The van der Waals surface area contributed by atoms with E-state index in [-0.39, 0.29) is 27.9 Å². The quantitative estimate of drug-likeness (QED) is 0.735. The number of fused-ring (bicyclic) bond motifs is 1. The second kappa shape index (κ2) is 6.89. The van der Waals surface area contributed by atoms with Crippen molar-refractivity contribution in [3.8, 4) is 0 Å². The van der Waals surface area contributed by atoms with Crippen molar-refractivity contribution in [2.24, 2.45) is 7.05 Å². The highest BCUT2D eigenvalue weighted by Crippen LogP contribution is 2.33. The van der Waals surface area contributed by atoms with Crippen molar-refractivity contribution in [2.45, 2.75) is 36.9 Å². The molecule has 2 N–H and O–H groups in total. The van der Waals surface area contributed by atoms with Gasteiger partial charge >= 0.3 is 6.18 Å². The minimum atomic E-state index is -4.91. The smallest absolute Gasteiger partial charge is 0.345 e. The number of halogens is 4. The van der Waals surface area contributed by atoms with Gasteiger partial charge in [0.05, 0.1) is 5.56 Å². The fraction of sp³-hybridized carbons (Fsp3) is 0.353. The van der Waals surface area contributed by atoms with Gasteiger partial charge in [-0.25, -0.2) is 17.5 Å². The molecule has 1 aliphatic heterocycles. The number of sulfonamides is 1. The average Bonchev–Trinajstić information content (AvgIpc) is 2.85. The molecule has 1 aromatic heterocycles. The van der Waals surface area contributed by atoms with E-state index in [4.69, 9.17) is 0 Å². The minimum Gasteiger partial charge on any atom is -0.345 e. The highest BCUT2D eigenvalue weighted by atomic mass is 32.2. The molecule has 152 valence electrons. The molecule has 2 heterocycles. The lowest BCUT2D eigenvalue weighted by molar-refractivity contribution is -0.139. The molecule has 1 aromatic carbocycles. The molecule has 0 aliphatic carbocycles. The lowest BCUT2D eigenvalue weighted by Gasteiger charge is -2.12. The summed E-state index contributed by atoms with van der Waals surface area (Å²) in [6.45, 7) is 1.69. The number of hydrogen-bond acceptors (Lipinski definition) is 3. The van der Waals surface area contributed by atoms with Gasteiger partial charge in [0, 0.05) is 30.5 Å². The van der Waals surface area contributed by atoms with Gasteiger partial charge in [0.15, 0.2) is 0 Å². The van der Waals surface area contributed by atoms with Gasteiger partial charge in [0.2, 0.25) is 10.0 Å². The van der Waals surface area contributed by atoms with Crippen LogP contribution in [0.3, 0.4) is 0 Å². The van der Waals surface area contributed by atoms with Gasteiger partial charge < -0.3 is 9.88 Å². The van der Waals surface area contributed by atoms with Crippen LogP contribution in [0.5, 0.6) is 0 Å². The van der Waals surface area contributed by atoms with Gasteiger partial charge in [-0.1, -0.05) is 0 Å². The summed E-state index contributed by atoms with van der Waals surface area (Å²) in [6.07, 6.45) is -2.88. The molecule has 1 aliphatic rings. The minimum absolute atomic E-state index is 0.0207. The molecule has 0 bridgehead atoms. The number of benzene rings is 1. The van der Waals surface area contributed by atoms with Crippen LogP contribution in [0.1, 0.15) is 35.0 Å². The third kappa shape index (κ3) is 3.76. The van der Waals surface area contributed by atoms with Crippen LogP contribution in [0.15, 0.2) is 29.3 Å². The van der Waals surface area contributed by atoms with Crippen molar-refractivity contribution in [1.82, 2.24) is 9.29 Å². The third-order valence-electron chi connectivity index (χ3n) is 4.46. The van der Waals surface area contributed by atoms with Crippen LogP contribution in [-0.2, 0) is 29.7 Å². The summed E-state index contributed by atoms with van der Waals surface area (Å²) in [5.74, 6) is -2.24. The maximum Gasteiger partial charge on any atom is 0.419 e. The largest absolute Gasteiger partial charge is 0.419 e. The van der Waals surface area contributed by atoms with Gasteiger partial charge in [-0.2, -0.15) is 13.2 Å². The predicted molar refractivity (Wildman–Crippen MR) is 92.9 cm³/mol. The van der Waals surface area contributed by atoms with Crippen LogP contribution < -0.4 is 10.0 Å². The Kier molecular flexibility index (Phi) is 5.00. The van der Waals surface area contributed by atoms with Gasteiger partial charge in [0.25, 0.3) is 5.91 Å². The summed E-state index contributed by atoms with van der Waals surface area (Å²) in [6, 6.07) is 1.78. The Morgan fingerprint density at radius 1 is 1.32 bits per heavy atom. The highest BCUT2D eigenvalue weighted by molar-refractivity contribution is 7.89. The topological polar surface area (TPSA) is 80.2 Å². The molecular weight excluding hydrogens is 402 g/mol. The summed E-state index contributed by atoms with van der Waals surface area (Å²) >= 11 is 0. The van der Waals surface area contributed by atoms with Crippen molar-refractivity contribution in [2.75, 3.05) is 5.32 Å². The van der Waals surface area contributed by atoms with Crippen LogP contribution in [-0.4, -0.2) is 24.9 Å². The van der Waals surface area contributed by atoms with E-state index in [1.54, 1.807) is 6.92 Å². The number of carbonyl (C=O) groups excluding carboxylic acids is 1. The molecule has 3 rings (SSSR count). The van der Waals surface area contributed by atoms with Crippen molar-refractivity contribution in [3.63, 3.8) is 0 Å². The van der Waals surface area contributed by atoms with Crippen LogP contribution in [0.2, 0.25) is 0 Å². The number of aryl methyl sites for hydroxylation is 1. The average molecular weight is 419 g/mol. The summed E-state index contributed by atoms with van der Waals surface area (Å²) in [4.78, 5) is 12.7.